The number of benzene rings is 1. The summed E-state index contributed by atoms with van der Waals surface area (Å²) in [5.41, 5.74) is 0.707. The zero-order valence-electron chi connectivity index (χ0n) is 17.2. The van der Waals surface area contributed by atoms with Crippen LogP contribution < -0.4 is 10.6 Å². The number of furan rings is 1. The van der Waals surface area contributed by atoms with E-state index in [0.717, 1.165) is 11.3 Å². The van der Waals surface area contributed by atoms with E-state index in [1.807, 2.05) is 0 Å². The summed E-state index contributed by atoms with van der Waals surface area (Å²) >= 11 is 1.16. The second-order valence-corrected chi connectivity index (χ2v) is 10.5. The number of carbonyl (C=O) groups excluding carboxylic acids is 2. The average molecular weight is 474 g/mol. The molecule has 1 aliphatic heterocycles. The van der Waals surface area contributed by atoms with Crippen molar-refractivity contribution < 1.29 is 22.4 Å². The fourth-order valence-corrected chi connectivity index (χ4v) is 6.28. The summed E-state index contributed by atoms with van der Waals surface area (Å²) in [6.45, 7) is 0.723. The lowest BCUT2D eigenvalue weighted by atomic mass is 9.98. The third-order valence-corrected chi connectivity index (χ3v) is 8.52. The molecule has 3 heterocycles. The summed E-state index contributed by atoms with van der Waals surface area (Å²) in [7, 11) is -3.61. The number of rotatable bonds is 7. The Kier molecular flexibility index (Phi) is 6.73. The van der Waals surface area contributed by atoms with E-state index in [1.165, 1.54) is 10.6 Å². The van der Waals surface area contributed by atoms with Crippen molar-refractivity contribution in [3.05, 3.63) is 71.5 Å². The normalized spacial score (nSPS) is 17.1. The van der Waals surface area contributed by atoms with Crippen LogP contribution in [0.4, 0.5) is 5.69 Å². The van der Waals surface area contributed by atoms with Gasteiger partial charge in [0, 0.05) is 13.1 Å². The number of piperidine rings is 1. The lowest BCUT2D eigenvalue weighted by molar-refractivity contribution is -0.120. The molecule has 2 aromatic heterocycles. The Balaban J connectivity index is 1.43. The summed E-state index contributed by atoms with van der Waals surface area (Å²) in [6, 6.07) is 13.5. The van der Waals surface area contributed by atoms with Crippen LogP contribution in [-0.2, 0) is 21.4 Å². The number of nitrogens with zero attached hydrogens (tertiary/aromatic N) is 1. The molecule has 4 rings (SSSR count). The van der Waals surface area contributed by atoms with E-state index in [-0.39, 0.29) is 29.1 Å². The molecule has 32 heavy (non-hydrogen) atoms. The van der Waals surface area contributed by atoms with Crippen LogP contribution in [0.25, 0.3) is 0 Å². The van der Waals surface area contributed by atoms with Gasteiger partial charge in [-0.25, -0.2) is 8.42 Å². The summed E-state index contributed by atoms with van der Waals surface area (Å²) in [6.07, 6.45) is 2.70. The molecular weight excluding hydrogens is 450 g/mol. The second kappa shape index (κ2) is 9.68. The highest BCUT2D eigenvalue weighted by Crippen LogP contribution is 2.27. The number of anilines is 1. The fraction of sp³-hybridized carbons (Fsp3) is 0.273. The summed E-state index contributed by atoms with van der Waals surface area (Å²) in [4.78, 5) is 25.6. The van der Waals surface area contributed by atoms with Crippen LogP contribution in [0, 0.1) is 5.92 Å². The molecule has 1 atom stereocenters. The van der Waals surface area contributed by atoms with E-state index in [2.05, 4.69) is 10.6 Å². The molecule has 0 unspecified atom stereocenters. The highest BCUT2D eigenvalue weighted by atomic mass is 32.2. The van der Waals surface area contributed by atoms with Gasteiger partial charge in [0.1, 0.15) is 9.97 Å². The Morgan fingerprint density at radius 2 is 1.97 bits per heavy atom. The predicted octanol–water partition coefficient (Wildman–Crippen LogP) is 3.31. The van der Waals surface area contributed by atoms with Crippen molar-refractivity contribution >= 4 is 38.9 Å². The monoisotopic (exact) mass is 473 g/mol. The summed E-state index contributed by atoms with van der Waals surface area (Å²) in [5.74, 6) is -0.531. The molecule has 8 nitrogen and oxygen atoms in total. The van der Waals surface area contributed by atoms with Crippen molar-refractivity contribution in [3.8, 4) is 0 Å². The first-order chi connectivity index (χ1) is 15.4. The van der Waals surface area contributed by atoms with Gasteiger partial charge in [0.15, 0.2) is 0 Å². The molecule has 0 radical (unpaired) electrons. The van der Waals surface area contributed by atoms with Gasteiger partial charge in [-0.05, 0) is 48.6 Å². The van der Waals surface area contributed by atoms with E-state index < -0.39 is 15.9 Å². The first-order valence-corrected chi connectivity index (χ1v) is 12.5. The van der Waals surface area contributed by atoms with Gasteiger partial charge < -0.3 is 15.1 Å². The zero-order chi connectivity index (χ0) is 22.6. The first-order valence-electron chi connectivity index (χ1n) is 10.2. The largest absolute Gasteiger partial charge is 0.467 e. The van der Waals surface area contributed by atoms with Gasteiger partial charge in [-0.1, -0.05) is 18.2 Å². The maximum absolute atomic E-state index is 13.0. The lowest BCUT2D eigenvalue weighted by Gasteiger charge is -2.30. The molecule has 0 aliphatic carbocycles. The summed E-state index contributed by atoms with van der Waals surface area (Å²) < 4.78 is 32.5. The Morgan fingerprint density at radius 1 is 1.12 bits per heavy atom. The standard InChI is InChI=1S/C22H23N3O5S2/c26-21(16-6-3-11-25(15-16)32(28,29)20-10-5-13-31-20)24-19-9-2-1-8-18(19)22(27)23-14-17-7-4-12-30-17/h1-2,4-5,7-10,12-13,16H,3,6,11,14-15H2,(H,23,27)(H,24,26)/t16-/m0/s1. The molecule has 2 amide bonds. The molecule has 1 saturated heterocycles. The number of sulfonamides is 1. The third-order valence-electron chi connectivity index (χ3n) is 5.28. The molecule has 0 bridgehead atoms. The van der Waals surface area contributed by atoms with E-state index in [0.29, 0.717) is 36.4 Å². The van der Waals surface area contributed by atoms with Crippen molar-refractivity contribution in [1.82, 2.24) is 9.62 Å². The number of thiophene rings is 1. The zero-order valence-corrected chi connectivity index (χ0v) is 18.8. The average Bonchev–Trinajstić information content (AvgIpc) is 3.52. The minimum atomic E-state index is -3.61. The quantitative estimate of drug-likeness (QED) is 0.547. The minimum Gasteiger partial charge on any atom is -0.467 e. The van der Waals surface area contributed by atoms with Gasteiger partial charge in [-0.3, -0.25) is 9.59 Å². The Hall–Kier alpha value is -2.95. The molecule has 10 heteroatoms. The number of hydrogen-bond acceptors (Lipinski definition) is 6. The Bertz CT molecular complexity index is 1170. The van der Waals surface area contributed by atoms with Crippen LogP contribution in [0.1, 0.15) is 29.0 Å². The van der Waals surface area contributed by atoms with Crippen LogP contribution in [0.5, 0.6) is 0 Å². The molecule has 0 saturated carbocycles. The number of carbonyl (C=O) groups is 2. The molecular formula is C22H23N3O5S2. The topological polar surface area (TPSA) is 109 Å². The number of hydrogen-bond donors (Lipinski definition) is 2. The number of para-hydroxylation sites is 1. The smallest absolute Gasteiger partial charge is 0.253 e. The Labute approximate surface area is 190 Å². The molecule has 1 aliphatic rings. The SMILES string of the molecule is O=C(NCc1ccco1)c1ccccc1NC(=O)[C@H]1CCCN(S(=O)(=O)c2cccs2)C1. The van der Waals surface area contributed by atoms with Crippen LogP contribution >= 0.6 is 11.3 Å². The van der Waals surface area contributed by atoms with Crippen molar-refractivity contribution in [3.63, 3.8) is 0 Å². The maximum Gasteiger partial charge on any atom is 0.253 e. The molecule has 1 aromatic carbocycles. The third kappa shape index (κ3) is 4.93. The molecule has 0 spiro atoms. The van der Waals surface area contributed by atoms with Gasteiger partial charge in [-0.2, -0.15) is 4.31 Å². The van der Waals surface area contributed by atoms with E-state index in [1.54, 1.807) is 53.9 Å². The molecule has 1 fully saturated rings. The van der Waals surface area contributed by atoms with Crippen LogP contribution in [0.3, 0.4) is 0 Å². The van der Waals surface area contributed by atoms with Gasteiger partial charge in [0.2, 0.25) is 5.91 Å². The van der Waals surface area contributed by atoms with Crippen molar-refractivity contribution in [2.75, 3.05) is 18.4 Å². The van der Waals surface area contributed by atoms with Crippen molar-refractivity contribution in [1.29, 1.82) is 0 Å². The first kappa shape index (κ1) is 22.3. The lowest BCUT2D eigenvalue weighted by Crippen LogP contribution is -2.43. The van der Waals surface area contributed by atoms with Crippen LogP contribution in [-0.4, -0.2) is 37.6 Å². The highest BCUT2D eigenvalue weighted by Gasteiger charge is 2.34. The van der Waals surface area contributed by atoms with Crippen LogP contribution in [0.2, 0.25) is 0 Å². The molecule has 168 valence electrons. The van der Waals surface area contributed by atoms with Crippen molar-refractivity contribution in [2.24, 2.45) is 5.92 Å². The molecule has 3 aromatic rings. The number of nitrogens with one attached hydrogen (secondary N) is 2. The maximum atomic E-state index is 13.0. The fourth-order valence-electron chi connectivity index (χ4n) is 3.61. The predicted molar refractivity (Wildman–Crippen MR) is 121 cm³/mol. The number of amides is 2. The van der Waals surface area contributed by atoms with Crippen molar-refractivity contribution in [2.45, 2.75) is 23.6 Å². The molecule has 2 N–H and O–H groups in total. The van der Waals surface area contributed by atoms with Gasteiger partial charge in [-0.15, -0.1) is 11.3 Å². The highest BCUT2D eigenvalue weighted by molar-refractivity contribution is 7.91. The van der Waals surface area contributed by atoms with E-state index in [4.69, 9.17) is 4.42 Å². The van der Waals surface area contributed by atoms with Gasteiger partial charge >= 0.3 is 0 Å². The second-order valence-electron chi connectivity index (χ2n) is 7.43. The van der Waals surface area contributed by atoms with Crippen LogP contribution in [0.15, 0.2) is 68.8 Å². The van der Waals surface area contributed by atoms with E-state index in [9.17, 15) is 18.0 Å². The minimum absolute atomic E-state index is 0.110. The van der Waals surface area contributed by atoms with Gasteiger partial charge in [0.25, 0.3) is 15.9 Å². The summed E-state index contributed by atoms with van der Waals surface area (Å²) in [5, 5.41) is 7.30. The van der Waals surface area contributed by atoms with E-state index >= 15 is 0 Å². The van der Waals surface area contributed by atoms with Gasteiger partial charge in [0.05, 0.1) is 30.0 Å². The Morgan fingerprint density at radius 3 is 2.72 bits per heavy atom.